The van der Waals surface area contributed by atoms with Gasteiger partial charge in [0.1, 0.15) is 71.4 Å². The summed E-state index contributed by atoms with van der Waals surface area (Å²) in [6, 6.07) is 54.8. The van der Waals surface area contributed by atoms with Gasteiger partial charge in [0.2, 0.25) is 17.7 Å². The fourth-order valence-electron chi connectivity index (χ4n) is 16.0. The molecule has 0 saturated heterocycles. The first-order valence-electron chi connectivity index (χ1n) is 38.9. The molecule has 3 aliphatic heterocycles. The van der Waals surface area contributed by atoms with Gasteiger partial charge < -0.3 is 42.9 Å². The number of hydrogen-bond acceptors (Lipinski definition) is 17. The molecule has 6 saturated carbocycles. The molecule has 121 heavy (non-hydrogen) atoms. The Morgan fingerprint density at radius 2 is 0.843 bits per heavy atom. The smallest absolute Gasteiger partial charge is 0.373 e. The van der Waals surface area contributed by atoms with Crippen LogP contribution in [0.5, 0.6) is 17.2 Å². The van der Waals surface area contributed by atoms with E-state index in [0.29, 0.717) is 117 Å². The molecule has 3 spiro atoms. The van der Waals surface area contributed by atoms with Crippen LogP contribution in [0, 0.1) is 6.92 Å². The number of carboxylic acid groups (broad SMARTS) is 1. The molecule has 2 N–H and O–H groups in total. The molecule has 0 radical (unpaired) electrons. The lowest BCUT2D eigenvalue weighted by Crippen LogP contribution is -2.28. The van der Waals surface area contributed by atoms with Gasteiger partial charge in [-0.1, -0.05) is 156 Å². The van der Waals surface area contributed by atoms with E-state index >= 15 is 0 Å². The molecular weight excluding hydrogens is 1730 g/mol. The van der Waals surface area contributed by atoms with E-state index in [1.54, 1.807) is 94.7 Å². The summed E-state index contributed by atoms with van der Waals surface area (Å²) in [5.41, 5.74) is 13.0. The molecule has 9 aromatic carbocycles. The fraction of sp³-hybridized carbons (Fsp3) is 0.258. The van der Waals surface area contributed by atoms with Crippen LogP contribution in [-0.2, 0) is 64.8 Å². The Morgan fingerprint density at radius 1 is 0.488 bits per heavy atom. The topological polar surface area (TPSA) is 273 Å². The second-order valence-corrected chi connectivity index (χ2v) is 34.3. The SMILES string of the molecule is C.COC(=O)c1cccc(N2C(=O)C3(CC3)c3cc(OCc4c(-c5c(Cl)cccc5Cl)noc4C4CC4)ccc32)c1.Cc1cccc(Br)c1.O=C(O)c1cccc(N2C(=O)C3(CC3)c3cc(OCc4c(-c5c(Cl)cccc5Cl)noc4C4CC4)ccc32)c1.O=C1Nc2ccc(OCc3c(-c4c(Cl)cccc4Cl)noc3C3CC3)cc2C12CC2.O=C=O. The number of methoxy groups -OCH3 is 1. The molecule has 0 unspecified atom stereocenters. The number of nitrogens with zero attached hydrogens (tertiary/aromatic N) is 5. The molecule has 6 fully saturated rings. The van der Waals surface area contributed by atoms with Crippen LogP contribution < -0.4 is 29.3 Å². The van der Waals surface area contributed by atoms with E-state index in [-0.39, 0.29) is 55.5 Å². The number of aromatic nitrogens is 3. The van der Waals surface area contributed by atoms with Crippen molar-refractivity contribution in [2.75, 3.05) is 22.2 Å². The Bertz CT molecular complexity index is 6090. The summed E-state index contributed by atoms with van der Waals surface area (Å²) < 4.78 is 42.0. The predicted molar refractivity (Wildman–Crippen MR) is 462 cm³/mol. The third-order valence-electron chi connectivity index (χ3n) is 23.0. The number of carboxylic acids is 1. The van der Waals surface area contributed by atoms with E-state index in [9.17, 15) is 29.1 Å². The van der Waals surface area contributed by atoms with Crippen molar-refractivity contribution >= 4 is 150 Å². The van der Waals surface area contributed by atoms with Crippen LogP contribution in [0.15, 0.2) is 200 Å². The number of aromatic carboxylic acids is 1. The minimum absolute atomic E-state index is 0. The Kier molecular flexibility index (Phi) is 23.6. The van der Waals surface area contributed by atoms with E-state index in [2.05, 4.69) is 55.8 Å². The number of esters is 1. The number of anilines is 5. The zero-order chi connectivity index (χ0) is 83.6. The van der Waals surface area contributed by atoms with E-state index in [1.807, 2.05) is 72.8 Å². The molecular formula is C93H75BrCl6N6O15. The summed E-state index contributed by atoms with van der Waals surface area (Å²) >= 11 is 42.2. The highest BCUT2D eigenvalue weighted by molar-refractivity contribution is 9.10. The second kappa shape index (κ2) is 34.1. The van der Waals surface area contributed by atoms with Crippen molar-refractivity contribution in [2.24, 2.45) is 0 Å². The third-order valence-corrected chi connectivity index (χ3v) is 25.4. The van der Waals surface area contributed by atoms with Crippen LogP contribution in [0.25, 0.3) is 33.8 Å². The molecule has 9 aliphatic rings. The molecule has 6 aliphatic carbocycles. The number of aryl methyl sites for hydroxylation is 1. The number of halogens is 7. The average Bonchev–Trinajstić information content (AvgIpc) is 1.54. The number of nitrogens with one attached hydrogen (secondary N) is 1. The number of fused-ring (bicyclic) bond motifs is 6. The summed E-state index contributed by atoms with van der Waals surface area (Å²) in [6.45, 7) is 2.79. The number of benzene rings is 9. The lowest BCUT2D eigenvalue weighted by molar-refractivity contribution is -0.191. The third kappa shape index (κ3) is 16.4. The minimum Gasteiger partial charge on any atom is -0.489 e. The maximum absolute atomic E-state index is 13.7. The van der Waals surface area contributed by atoms with Gasteiger partial charge in [-0.3, -0.25) is 24.2 Å². The van der Waals surface area contributed by atoms with Crippen molar-refractivity contribution < 1.29 is 71.2 Å². The van der Waals surface area contributed by atoms with Gasteiger partial charge in [0.25, 0.3) is 0 Å². The zero-order valence-corrected chi connectivity index (χ0v) is 70.3. The van der Waals surface area contributed by atoms with Gasteiger partial charge in [0.15, 0.2) is 0 Å². The van der Waals surface area contributed by atoms with Crippen molar-refractivity contribution in [1.29, 1.82) is 0 Å². The van der Waals surface area contributed by atoms with E-state index < -0.39 is 22.8 Å². The number of ether oxygens (including phenoxy) is 4. The Morgan fingerprint density at radius 3 is 1.19 bits per heavy atom. The lowest BCUT2D eigenvalue weighted by Gasteiger charge is -2.19. The van der Waals surface area contributed by atoms with Crippen LogP contribution in [0.2, 0.25) is 30.1 Å². The first-order chi connectivity index (χ1) is 58.0. The molecule has 0 atom stereocenters. The monoisotopic (exact) mass is 1800 g/mol. The standard InChI is InChI=1S/C31H24Cl2N2O5.C30H22Cl2N2O5.C23H18Cl2N2O3.C7H7Br.CO2.CH4/c1-38-29(36)18-4-2-5-19(14-18)35-25-11-10-20(15-22(25)31(12-13-31)30(35)37)39-16-21-27(34-40-28(21)17-8-9-17)26-23(32)6-3-7-24(26)33;31-22-5-2-6-23(32)25(22)26-20(27(39-33-26)16-7-8-16)15-38-19-9-10-24-21(14-19)30(11-12-30)29(37)34(24)18-4-1-3-17(13-18)28(35)36;24-16-2-1-3-17(25)19(16)20-14(21(30-27-20)12-4-5-12)11-29-13-6-7-18-15(10-13)23(8-9-23)22(28)26-18;1-6-3-2-4-7(8)5-6;2-1-3;/h2-7,10-11,14-15,17H,8-9,12-13,16H2,1H3;1-6,9-10,13-14,16H,7-8,11-12,15H2,(H,35,36);1-3,6-7,10,12H,4-5,8-9,11H2,(H,26,28);2-5H,1H3;;1H4. The number of carbonyl (C=O) groups excluding carboxylic acids is 6. The normalized spacial score (nSPS) is 16.3. The second-order valence-electron chi connectivity index (χ2n) is 30.9. The maximum atomic E-state index is 13.7. The quantitative estimate of drug-likeness (QED) is 0.0712. The van der Waals surface area contributed by atoms with Gasteiger partial charge in [-0.05, 0) is 240 Å². The molecule has 6 heterocycles. The average molecular weight is 1810 g/mol. The Labute approximate surface area is 733 Å². The number of hydrogen-bond donors (Lipinski definition) is 2. The summed E-state index contributed by atoms with van der Waals surface area (Å²) in [5, 5.41) is 28.4. The van der Waals surface area contributed by atoms with E-state index in [1.165, 1.54) is 24.8 Å². The predicted octanol–water partition coefficient (Wildman–Crippen LogP) is 24.0. The molecule has 12 aromatic rings. The molecule has 3 aromatic heterocycles. The highest BCUT2D eigenvalue weighted by atomic mass is 79.9. The van der Waals surface area contributed by atoms with Crippen molar-refractivity contribution in [2.45, 2.75) is 145 Å². The van der Waals surface area contributed by atoms with Gasteiger partial charge in [-0.25, -0.2) is 9.59 Å². The minimum atomic E-state index is -1.04. The molecule has 28 heteroatoms. The van der Waals surface area contributed by atoms with Gasteiger partial charge in [-0.2, -0.15) is 9.59 Å². The lowest BCUT2D eigenvalue weighted by atomic mass is 9.98. The van der Waals surface area contributed by atoms with Gasteiger partial charge in [0, 0.05) is 56.0 Å². The summed E-state index contributed by atoms with van der Waals surface area (Å²) in [5.74, 6) is 3.97. The van der Waals surface area contributed by atoms with Gasteiger partial charge in [-0.15, -0.1) is 0 Å². The van der Waals surface area contributed by atoms with Crippen molar-refractivity contribution in [3.63, 3.8) is 0 Å². The molecule has 21 rings (SSSR count). The van der Waals surface area contributed by atoms with Crippen LogP contribution in [0.1, 0.15) is 179 Å². The maximum Gasteiger partial charge on any atom is 0.373 e. The fourth-order valence-corrected chi connectivity index (χ4v) is 18.2. The van der Waals surface area contributed by atoms with Crippen molar-refractivity contribution in [3.8, 4) is 51.0 Å². The highest BCUT2D eigenvalue weighted by Crippen LogP contribution is 2.62. The zero-order valence-electron chi connectivity index (χ0n) is 64.2. The van der Waals surface area contributed by atoms with Crippen molar-refractivity contribution in [1.82, 2.24) is 15.5 Å². The Balaban J connectivity index is 0.000000127. The van der Waals surface area contributed by atoms with Crippen LogP contribution in [-0.4, -0.2) is 63.5 Å². The number of amides is 3. The van der Waals surface area contributed by atoms with Crippen molar-refractivity contribution in [3.05, 3.63) is 284 Å². The molecule has 0 bridgehead atoms. The molecule has 21 nitrogen and oxygen atoms in total. The number of rotatable bonds is 19. The Hall–Kier alpha value is -11.0. The molecule has 3 amide bonds. The summed E-state index contributed by atoms with van der Waals surface area (Å²) in [7, 11) is 1.34. The van der Waals surface area contributed by atoms with Crippen LogP contribution in [0.4, 0.5) is 28.4 Å². The van der Waals surface area contributed by atoms with Crippen LogP contribution in [0.3, 0.4) is 0 Å². The number of carbonyl (C=O) groups is 5. The molecule has 616 valence electrons. The summed E-state index contributed by atoms with van der Waals surface area (Å²) in [4.78, 5) is 82.7. The first kappa shape index (κ1) is 83.6. The van der Waals surface area contributed by atoms with Gasteiger partial charge in [0.05, 0.1) is 92.7 Å². The van der Waals surface area contributed by atoms with E-state index in [4.69, 9.17) is 112 Å². The van der Waals surface area contributed by atoms with E-state index in [0.717, 1.165) is 155 Å². The first-order valence-corrected chi connectivity index (χ1v) is 42.0. The van der Waals surface area contributed by atoms with Gasteiger partial charge >= 0.3 is 18.1 Å². The summed E-state index contributed by atoms with van der Waals surface area (Å²) in [6.07, 6.45) is 11.3. The largest absolute Gasteiger partial charge is 0.489 e. The van der Waals surface area contributed by atoms with Crippen LogP contribution >= 0.6 is 85.5 Å². The highest BCUT2D eigenvalue weighted by Gasteiger charge is 2.61.